The summed E-state index contributed by atoms with van der Waals surface area (Å²) >= 11 is 0. The molecular formula is C11H19NO. The van der Waals surface area contributed by atoms with Gasteiger partial charge in [0.2, 0.25) is 0 Å². The Morgan fingerprint density at radius 3 is 2.54 bits per heavy atom. The van der Waals surface area contributed by atoms with Crippen molar-refractivity contribution in [2.24, 2.45) is 0 Å². The zero-order chi connectivity index (χ0) is 10.1. The predicted molar refractivity (Wildman–Crippen MR) is 54.1 cm³/mol. The summed E-state index contributed by atoms with van der Waals surface area (Å²) in [5.41, 5.74) is 0.287. The molecule has 0 amide bonds. The van der Waals surface area contributed by atoms with Crippen LogP contribution in [0.4, 0.5) is 0 Å². The molecule has 0 aliphatic heterocycles. The second-order valence-electron chi connectivity index (χ2n) is 3.36. The van der Waals surface area contributed by atoms with Crippen molar-refractivity contribution in [3.8, 4) is 6.07 Å². The first kappa shape index (κ1) is 12.2. The number of hydrogen-bond donors (Lipinski definition) is 1. The third-order valence-electron chi connectivity index (χ3n) is 2.13. The quantitative estimate of drug-likeness (QED) is 0.485. The van der Waals surface area contributed by atoms with E-state index in [0.717, 1.165) is 12.8 Å². The van der Waals surface area contributed by atoms with E-state index in [-0.39, 0.29) is 5.57 Å². The summed E-state index contributed by atoms with van der Waals surface area (Å²) in [6.07, 6.45) is 5.90. The highest BCUT2D eigenvalue weighted by Crippen LogP contribution is 2.10. The summed E-state index contributed by atoms with van der Waals surface area (Å²) in [5.74, 6) is 0. The lowest BCUT2D eigenvalue weighted by Crippen LogP contribution is -2.07. The Kier molecular flexibility index (Phi) is 7.33. The van der Waals surface area contributed by atoms with E-state index in [0.29, 0.717) is 6.42 Å². The largest absolute Gasteiger partial charge is 0.388 e. The molecule has 0 fully saturated rings. The molecule has 0 aliphatic rings. The SMILES string of the molecule is C=C(C#N)C(O)CCCCCCC. The molecule has 1 atom stereocenters. The molecule has 2 heteroatoms. The Morgan fingerprint density at radius 2 is 2.00 bits per heavy atom. The highest BCUT2D eigenvalue weighted by atomic mass is 16.3. The maximum absolute atomic E-state index is 9.35. The maximum Gasteiger partial charge on any atom is 0.0968 e. The Balaban J connectivity index is 3.33. The minimum atomic E-state index is -0.619. The first-order chi connectivity index (χ1) is 6.22. The van der Waals surface area contributed by atoms with Gasteiger partial charge in [0.25, 0.3) is 0 Å². The molecule has 0 aliphatic carbocycles. The normalized spacial score (nSPS) is 12.1. The van der Waals surface area contributed by atoms with Gasteiger partial charge < -0.3 is 5.11 Å². The first-order valence-electron chi connectivity index (χ1n) is 4.99. The van der Waals surface area contributed by atoms with Gasteiger partial charge in [-0.15, -0.1) is 0 Å². The molecule has 2 nitrogen and oxygen atoms in total. The predicted octanol–water partition coefficient (Wildman–Crippen LogP) is 2.79. The van der Waals surface area contributed by atoms with Crippen LogP contribution >= 0.6 is 0 Å². The van der Waals surface area contributed by atoms with Crippen LogP contribution in [-0.4, -0.2) is 11.2 Å². The van der Waals surface area contributed by atoms with E-state index < -0.39 is 6.10 Å². The van der Waals surface area contributed by atoms with Crippen molar-refractivity contribution in [1.29, 1.82) is 5.26 Å². The van der Waals surface area contributed by atoms with E-state index in [9.17, 15) is 5.11 Å². The van der Waals surface area contributed by atoms with Crippen LogP contribution < -0.4 is 0 Å². The van der Waals surface area contributed by atoms with Crippen LogP contribution in [0, 0.1) is 11.3 Å². The van der Waals surface area contributed by atoms with Gasteiger partial charge in [0.15, 0.2) is 0 Å². The van der Waals surface area contributed by atoms with Gasteiger partial charge in [0.05, 0.1) is 17.7 Å². The van der Waals surface area contributed by atoms with Gasteiger partial charge in [-0.1, -0.05) is 45.6 Å². The lowest BCUT2D eigenvalue weighted by Gasteiger charge is -2.07. The van der Waals surface area contributed by atoms with Crippen LogP contribution in [0.2, 0.25) is 0 Å². The molecule has 74 valence electrons. The van der Waals surface area contributed by atoms with Crippen LogP contribution in [0.25, 0.3) is 0 Å². The second kappa shape index (κ2) is 7.82. The van der Waals surface area contributed by atoms with Crippen LogP contribution in [0.1, 0.15) is 45.4 Å². The van der Waals surface area contributed by atoms with Crippen molar-refractivity contribution in [2.75, 3.05) is 0 Å². The third kappa shape index (κ3) is 6.36. The van der Waals surface area contributed by atoms with Crippen LogP contribution in [0.3, 0.4) is 0 Å². The summed E-state index contributed by atoms with van der Waals surface area (Å²) in [7, 11) is 0. The molecule has 0 saturated heterocycles. The average Bonchev–Trinajstić information content (AvgIpc) is 2.16. The van der Waals surface area contributed by atoms with E-state index in [2.05, 4.69) is 13.5 Å². The van der Waals surface area contributed by atoms with Crippen molar-refractivity contribution in [1.82, 2.24) is 0 Å². The van der Waals surface area contributed by atoms with Crippen molar-refractivity contribution in [2.45, 2.75) is 51.6 Å². The molecule has 0 bridgehead atoms. The van der Waals surface area contributed by atoms with E-state index in [4.69, 9.17) is 5.26 Å². The maximum atomic E-state index is 9.35. The number of hydrogen-bond acceptors (Lipinski definition) is 2. The molecule has 13 heavy (non-hydrogen) atoms. The fourth-order valence-corrected chi connectivity index (χ4v) is 1.19. The van der Waals surface area contributed by atoms with E-state index in [1.54, 1.807) is 0 Å². The summed E-state index contributed by atoms with van der Waals surface area (Å²) in [5, 5.41) is 17.8. The molecule has 0 aromatic carbocycles. The fraction of sp³-hybridized carbons (Fsp3) is 0.727. The molecule has 0 saturated carbocycles. The zero-order valence-corrected chi connectivity index (χ0v) is 8.42. The van der Waals surface area contributed by atoms with Gasteiger partial charge in [0.1, 0.15) is 0 Å². The molecule has 0 spiro atoms. The molecule has 0 heterocycles. The van der Waals surface area contributed by atoms with Gasteiger partial charge >= 0.3 is 0 Å². The van der Waals surface area contributed by atoms with Crippen molar-refractivity contribution < 1.29 is 5.11 Å². The summed E-state index contributed by atoms with van der Waals surface area (Å²) in [4.78, 5) is 0. The van der Waals surface area contributed by atoms with E-state index in [1.165, 1.54) is 19.3 Å². The Morgan fingerprint density at radius 1 is 1.38 bits per heavy atom. The van der Waals surface area contributed by atoms with Crippen molar-refractivity contribution >= 4 is 0 Å². The van der Waals surface area contributed by atoms with E-state index in [1.807, 2.05) is 6.07 Å². The first-order valence-corrected chi connectivity index (χ1v) is 4.99. The fourth-order valence-electron chi connectivity index (χ4n) is 1.19. The topological polar surface area (TPSA) is 44.0 Å². The third-order valence-corrected chi connectivity index (χ3v) is 2.13. The minimum absolute atomic E-state index is 0.287. The van der Waals surface area contributed by atoms with Crippen LogP contribution in [0.15, 0.2) is 12.2 Å². The molecule has 0 aromatic rings. The van der Waals surface area contributed by atoms with Crippen molar-refractivity contribution in [3.63, 3.8) is 0 Å². The molecule has 0 aromatic heterocycles. The van der Waals surface area contributed by atoms with Crippen molar-refractivity contribution in [3.05, 3.63) is 12.2 Å². The highest BCUT2D eigenvalue weighted by molar-refractivity contribution is 5.20. The number of aliphatic hydroxyl groups is 1. The monoisotopic (exact) mass is 181 g/mol. The standard InChI is InChI=1S/C11H19NO/c1-3-4-5-6-7-8-11(13)10(2)9-12/h11,13H,2-8H2,1H3. The molecule has 0 radical (unpaired) electrons. The average molecular weight is 181 g/mol. The van der Waals surface area contributed by atoms with Gasteiger partial charge in [-0.3, -0.25) is 0 Å². The molecule has 1 unspecified atom stereocenters. The lowest BCUT2D eigenvalue weighted by molar-refractivity contribution is 0.201. The van der Waals surface area contributed by atoms with Gasteiger partial charge in [0, 0.05) is 0 Å². The zero-order valence-electron chi connectivity index (χ0n) is 8.42. The molecular weight excluding hydrogens is 162 g/mol. The number of nitriles is 1. The Hall–Kier alpha value is -0.810. The number of rotatable bonds is 7. The van der Waals surface area contributed by atoms with Crippen LogP contribution in [-0.2, 0) is 0 Å². The second-order valence-corrected chi connectivity index (χ2v) is 3.36. The lowest BCUT2D eigenvalue weighted by atomic mass is 10.0. The Labute approximate surface area is 80.9 Å². The highest BCUT2D eigenvalue weighted by Gasteiger charge is 2.06. The molecule has 1 N–H and O–H groups in total. The van der Waals surface area contributed by atoms with Crippen LogP contribution in [0.5, 0.6) is 0 Å². The van der Waals surface area contributed by atoms with Gasteiger partial charge in [-0.2, -0.15) is 5.26 Å². The van der Waals surface area contributed by atoms with Gasteiger partial charge in [-0.05, 0) is 6.42 Å². The number of aliphatic hydroxyl groups excluding tert-OH is 1. The summed E-state index contributed by atoms with van der Waals surface area (Å²) in [6.45, 7) is 5.65. The number of nitrogens with zero attached hydrogens (tertiary/aromatic N) is 1. The summed E-state index contributed by atoms with van der Waals surface area (Å²) in [6, 6.07) is 1.87. The molecule has 0 rings (SSSR count). The smallest absolute Gasteiger partial charge is 0.0968 e. The summed E-state index contributed by atoms with van der Waals surface area (Å²) < 4.78 is 0. The van der Waals surface area contributed by atoms with Gasteiger partial charge in [-0.25, -0.2) is 0 Å². The van der Waals surface area contributed by atoms with E-state index >= 15 is 0 Å². The Bertz CT molecular complexity index is 181. The number of unbranched alkanes of at least 4 members (excludes halogenated alkanes) is 4. The minimum Gasteiger partial charge on any atom is -0.388 e.